The molecule has 0 aliphatic carbocycles. The van der Waals surface area contributed by atoms with Gasteiger partial charge in [-0.3, -0.25) is 0 Å². The van der Waals surface area contributed by atoms with Crippen LogP contribution in [0.2, 0.25) is 0 Å². The summed E-state index contributed by atoms with van der Waals surface area (Å²) in [4.78, 5) is 0. The first-order valence-corrected chi connectivity index (χ1v) is 10.1. The third-order valence-corrected chi connectivity index (χ3v) is 5.61. The molecular formula is C28H24O. The van der Waals surface area contributed by atoms with Crippen LogP contribution in [-0.4, -0.2) is 0 Å². The predicted molar refractivity (Wildman–Crippen MR) is 123 cm³/mol. The molecule has 1 heterocycles. The van der Waals surface area contributed by atoms with Crippen LogP contribution in [0.15, 0.2) is 95.4 Å². The van der Waals surface area contributed by atoms with Crippen LogP contribution in [0.25, 0.3) is 44.2 Å². The van der Waals surface area contributed by atoms with Gasteiger partial charge in [-0.2, -0.15) is 0 Å². The minimum Gasteiger partial charge on any atom is -0.456 e. The smallest absolute Gasteiger partial charge is 0.136 e. The van der Waals surface area contributed by atoms with Gasteiger partial charge >= 0.3 is 0 Å². The van der Waals surface area contributed by atoms with Crippen molar-refractivity contribution in [3.8, 4) is 22.3 Å². The highest BCUT2D eigenvalue weighted by Gasteiger charge is 2.22. The molecule has 5 aromatic rings. The number of rotatable bonds is 2. The molecule has 1 aromatic heterocycles. The Morgan fingerprint density at radius 3 is 1.93 bits per heavy atom. The summed E-state index contributed by atoms with van der Waals surface area (Å²) in [6.07, 6.45) is 0. The average molecular weight is 376 g/mol. The van der Waals surface area contributed by atoms with Crippen molar-refractivity contribution >= 4 is 21.9 Å². The predicted octanol–water partition coefficient (Wildman–Crippen LogP) is 8.22. The third-order valence-electron chi connectivity index (χ3n) is 5.61. The van der Waals surface area contributed by atoms with E-state index in [2.05, 4.69) is 112 Å². The summed E-state index contributed by atoms with van der Waals surface area (Å²) < 4.78 is 6.27. The molecule has 4 aromatic carbocycles. The fourth-order valence-electron chi connectivity index (χ4n) is 4.23. The monoisotopic (exact) mass is 376 g/mol. The average Bonchev–Trinajstić information content (AvgIpc) is 3.12. The summed E-state index contributed by atoms with van der Waals surface area (Å²) in [5.41, 5.74) is 8.14. The molecule has 0 amide bonds. The Morgan fingerprint density at radius 1 is 0.552 bits per heavy atom. The van der Waals surface area contributed by atoms with Gasteiger partial charge < -0.3 is 4.42 Å². The number of hydrogen-bond donors (Lipinski definition) is 0. The lowest BCUT2D eigenvalue weighted by molar-refractivity contribution is 0.594. The van der Waals surface area contributed by atoms with Crippen LogP contribution < -0.4 is 0 Å². The summed E-state index contributed by atoms with van der Waals surface area (Å²) in [6, 6.07) is 32.1. The number of hydrogen-bond acceptors (Lipinski definition) is 1. The Kier molecular flexibility index (Phi) is 4.06. The van der Waals surface area contributed by atoms with Gasteiger partial charge in [0.05, 0.1) is 0 Å². The normalized spacial score (nSPS) is 12.0. The Bertz CT molecular complexity index is 1320. The van der Waals surface area contributed by atoms with Crippen LogP contribution in [0.3, 0.4) is 0 Å². The summed E-state index contributed by atoms with van der Waals surface area (Å²) in [7, 11) is 0. The molecule has 0 spiro atoms. The standard InChI is InChI=1S/C28H24O/c1-28(2,3)23-15-9-17-25-27(23)26-22(14-8-16-24(26)29-25)21-13-7-12-20(18-21)19-10-5-4-6-11-19/h4-18H,1-3H3. The molecule has 0 radical (unpaired) electrons. The molecule has 0 aliphatic heterocycles. The molecule has 0 atom stereocenters. The number of fused-ring (bicyclic) bond motifs is 3. The van der Waals surface area contributed by atoms with Crippen molar-refractivity contribution in [2.75, 3.05) is 0 Å². The van der Waals surface area contributed by atoms with Gasteiger partial charge in [-0.1, -0.05) is 93.6 Å². The SMILES string of the molecule is CC(C)(C)c1cccc2oc3cccc(-c4cccc(-c5ccccc5)c4)c3c12. The van der Waals surface area contributed by atoms with Crippen LogP contribution in [0.1, 0.15) is 26.3 Å². The van der Waals surface area contributed by atoms with E-state index in [1.165, 1.54) is 38.6 Å². The Hall–Kier alpha value is -3.32. The third kappa shape index (κ3) is 3.03. The zero-order valence-electron chi connectivity index (χ0n) is 17.1. The van der Waals surface area contributed by atoms with E-state index >= 15 is 0 Å². The first-order valence-electron chi connectivity index (χ1n) is 10.1. The van der Waals surface area contributed by atoms with Crippen LogP contribution in [0.5, 0.6) is 0 Å². The van der Waals surface area contributed by atoms with Crippen LogP contribution in [0.4, 0.5) is 0 Å². The molecule has 0 aliphatic rings. The number of furan rings is 1. The van der Waals surface area contributed by atoms with E-state index in [1.54, 1.807) is 0 Å². The van der Waals surface area contributed by atoms with E-state index in [0.717, 1.165) is 11.2 Å². The first-order chi connectivity index (χ1) is 14.0. The Balaban J connectivity index is 1.81. The van der Waals surface area contributed by atoms with Crippen molar-refractivity contribution < 1.29 is 4.42 Å². The van der Waals surface area contributed by atoms with E-state index < -0.39 is 0 Å². The van der Waals surface area contributed by atoms with Crippen molar-refractivity contribution in [1.82, 2.24) is 0 Å². The minimum absolute atomic E-state index is 0.0370. The molecule has 1 heteroatoms. The van der Waals surface area contributed by atoms with Crippen molar-refractivity contribution in [3.63, 3.8) is 0 Å². The van der Waals surface area contributed by atoms with Crippen molar-refractivity contribution in [3.05, 3.63) is 96.6 Å². The van der Waals surface area contributed by atoms with E-state index in [-0.39, 0.29) is 5.41 Å². The lowest BCUT2D eigenvalue weighted by Crippen LogP contribution is -2.11. The number of benzene rings is 4. The second-order valence-electron chi connectivity index (χ2n) is 8.66. The van der Waals surface area contributed by atoms with Gasteiger partial charge in [-0.05, 0) is 51.4 Å². The van der Waals surface area contributed by atoms with E-state index in [9.17, 15) is 0 Å². The van der Waals surface area contributed by atoms with Crippen molar-refractivity contribution in [2.24, 2.45) is 0 Å². The first kappa shape index (κ1) is 17.8. The lowest BCUT2D eigenvalue weighted by Gasteiger charge is -2.20. The summed E-state index contributed by atoms with van der Waals surface area (Å²) in [6.45, 7) is 6.79. The second-order valence-corrected chi connectivity index (χ2v) is 8.66. The van der Waals surface area contributed by atoms with E-state index in [4.69, 9.17) is 4.42 Å². The van der Waals surface area contributed by atoms with Crippen LogP contribution in [-0.2, 0) is 5.41 Å². The summed E-state index contributed by atoms with van der Waals surface area (Å²) in [5, 5.41) is 2.44. The minimum atomic E-state index is 0.0370. The van der Waals surface area contributed by atoms with Gasteiger partial charge in [0.1, 0.15) is 11.2 Å². The molecule has 0 bridgehead atoms. The van der Waals surface area contributed by atoms with Gasteiger partial charge in [0.15, 0.2) is 0 Å². The van der Waals surface area contributed by atoms with Gasteiger partial charge in [0.25, 0.3) is 0 Å². The molecule has 0 saturated heterocycles. The summed E-state index contributed by atoms with van der Waals surface area (Å²) in [5.74, 6) is 0. The highest BCUT2D eigenvalue weighted by Crippen LogP contribution is 2.41. The maximum Gasteiger partial charge on any atom is 0.136 e. The van der Waals surface area contributed by atoms with Crippen LogP contribution >= 0.6 is 0 Å². The van der Waals surface area contributed by atoms with Crippen molar-refractivity contribution in [1.29, 1.82) is 0 Å². The fourth-order valence-corrected chi connectivity index (χ4v) is 4.23. The summed E-state index contributed by atoms with van der Waals surface area (Å²) >= 11 is 0. The molecule has 142 valence electrons. The topological polar surface area (TPSA) is 13.1 Å². The van der Waals surface area contributed by atoms with Crippen LogP contribution in [0, 0.1) is 0 Å². The van der Waals surface area contributed by atoms with Crippen molar-refractivity contribution in [2.45, 2.75) is 26.2 Å². The zero-order valence-corrected chi connectivity index (χ0v) is 17.1. The molecule has 0 fully saturated rings. The van der Waals surface area contributed by atoms with Gasteiger partial charge in [-0.25, -0.2) is 0 Å². The highest BCUT2D eigenvalue weighted by atomic mass is 16.3. The molecule has 5 rings (SSSR count). The molecule has 0 unspecified atom stereocenters. The Morgan fingerprint density at radius 2 is 1.17 bits per heavy atom. The largest absolute Gasteiger partial charge is 0.456 e. The van der Waals surface area contributed by atoms with Gasteiger partial charge in [0.2, 0.25) is 0 Å². The van der Waals surface area contributed by atoms with Gasteiger partial charge in [-0.15, -0.1) is 0 Å². The molecular weight excluding hydrogens is 352 g/mol. The highest BCUT2D eigenvalue weighted by molar-refractivity contribution is 6.14. The fraction of sp³-hybridized carbons (Fsp3) is 0.143. The maximum atomic E-state index is 6.27. The lowest BCUT2D eigenvalue weighted by atomic mass is 9.83. The maximum absolute atomic E-state index is 6.27. The molecule has 0 N–H and O–H groups in total. The van der Waals surface area contributed by atoms with E-state index in [0.29, 0.717) is 0 Å². The molecule has 29 heavy (non-hydrogen) atoms. The van der Waals surface area contributed by atoms with E-state index in [1.807, 2.05) is 0 Å². The zero-order chi connectivity index (χ0) is 20.0. The molecule has 0 saturated carbocycles. The second kappa shape index (κ2) is 6.63. The Labute approximate surface area is 171 Å². The quantitative estimate of drug-likeness (QED) is 0.302. The molecule has 1 nitrogen and oxygen atoms in total. The van der Waals surface area contributed by atoms with Gasteiger partial charge in [0, 0.05) is 10.8 Å².